The Balaban J connectivity index is 2.31. The fourth-order valence-electron chi connectivity index (χ4n) is 2.14. The Kier molecular flexibility index (Phi) is 3.92. The van der Waals surface area contributed by atoms with Crippen molar-refractivity contribution in [2.45, 2.75) is 18.9 Å². The van der Waals surface area contributed by atoms with Crippen LogP contribution in [0.4, 0.5) is 0 Å². The molecule has 1 aliphatic rings. The van der Waals surface area contributed by atoms with Gasteiger partial charge < -0.3 is 10.0 Å². The molecule has 5 heteroatoms. The van der Waals surface area contributed by atoms with Crippen molar-refractivity contribution in [2.24, 2.45) is 0 Å². The van der Waals surface area contributed by atoms with E-state index >= 15 is 0 Å². The number of benzene rings is 1. The summed E-state index contributed by atoms with van der Waals surface area (Å²) in [5, 5.41) is 9.92. The van der Waals surface area contributed by atoms with Gasteiger partial charge in [-0.2, -0.15) is 0 Å². The number of rotatable bonds is 2. The summed E-state index contributed by atoms with van der Waals surface area (Å²) in [7, 11) is 0. The van der Waals surface area contributed by atoms with E-state index in [1.165, 1.54) is 0 Å². The van der Waals surface area contributed by atoms with Crippen molar-refractivity contribution in [3.8, 4) is 0 Å². The number of aliphatic hydroxyl groups is 1. The maximum Gasteiger partial charge on any atom is 0.257 e. The molecule has 0 spiro atoms. The normalized spacial score (nSPS) is 19.7. The first-order valence-corrected chi connectivity index (χ1v) is 6.26. The first-order chi connectivity index (χ1) is 8.15. The van der Waals surface area contributed by atoms with E-state index in [1.807, 2.05) is 0 Å². The van der Waals surface area contributed by atoms with Crippen molar-refractivity contribution in [3.05, 3.63) is 33.8 Å². The highest BCUT2D eigenvalue weighted by Crippen LogP contribution is 2.28. The molecule has 0 radical (unpaired) electrons. The number of hydrogen-bond acceptors (Lipinski definition) is 2. The molecule has 2 rings (SSSR count). The van der Waals surface area contributed by atoms with E-state index in [-0.39, 0.29) is 18.6 Å². The van der Waals surface area contributed by atoms with E-state index in [1.54, 1.807) is 23.1 Å². The molecule has 1 aromatic rings. The fourth-order valence-corrected chi connectivity index (χ4v) is 2.70. The summed E-state index contributed by atoms with van der Waals surface area (Å²) in [6.07, 6.45) is 1.73. The van der Waals surface area contributed by atoms with Crippen molar-refractivity contribution in [1.29, 1.82) is 0 Å². The molecule has 1 aromatic carbocycles. The molecule has 17 heavy (non-hydrogen) atoms. The van der Waals surface area contributed by atoms with E-state index in [4.69, 9.17) is 23.2 Å². The molecule has 1 heterocycles. The highest BCUT2D eigenvalue weighted by Gasteiger charge is 2.30. The van der Waals surface area contributed by atoms with Crippen LogP contribution in [-0.2, 0) is 0 Å². The van der Waals surface area contributed by atoms with Crippen LogP contribution in [0.5, 0.6) is 0 Å². The van der Waals surface area contributed by atoms with Gasteiger partial charge in [-0.3, -0.25) is 4.79 Å². The number of amides is 1. The molecule has 0 aromatic heterocycles. The molecule has 1 fully saturated rings. The lowest BCUT2D eigenvalue weighted by atomic mass is 10.1. The van der Waals surface area contributed by atoms with Crippen LogP contribution >= 0.6 is 23.2 Å². The lowest BCUT2D eigenvalue weighted by molar-refractivity contribution is 0.0678. The van der Waals surface area contributed by atoms with Gasteiger partial charge in [0.15, 0.2) is 0 Å². The molecule has 92 valence electrons. The van der Waals surface area contributed by atoms with Crippen LogP contribution in [-0.4, -0.2) is 35.1 Å². The molecule has 1 saturated heterocycles. The quantitative estimate of drug-likeness (QED) is 0.900. The standard InChI is InChI=1S/C12H13Cl2NO2/c13-9-4-1-5-10(14)11(9)12(17)15-6-2-3-8(15)7-16/h1,4-5,8,16H,2-3,6-7H2. The predicted molar refractivity (Wildman–Crippen MR) is 67.6 cm³/mol. The van der Waals surface area contributed by atoms with Crippen molar-refractivity contribution in [1.82, 2.24) is 4.90 Å². The highest BCUT2D eigenvalue weighted by molar-refractivity contribution is 6.39. The molecule has 1 unspecified atom stereocenters. The van der Waals surface area contributed by atoms with Crippen molar-refractivity contribution in [3.63, 3.8) is 0 Å². The van der Waals surface area contributed by atoms with E-state index in [9.17, 15) is 9.90 Å². The molecule has 0 aliphatic carbocycles. The Hall–Kier alpha value is -0.770. The van der Waals surface area contributed by atoms with Crippen molar-refractivity contribution in [2.75, 3.05) is 13.2 Å². The number of carbonyl (C=O) groups is 1. The van der Waals surface area contributed by atoms with Crippen LogP contribution in [0.15, 0.2) is 18.2 Å². The Morgan fingerprint density at radius 3 is 2.65 bits per heavy atom. The zero-order chi connectivity index (χ0) is 12.4. The second kappa shape index (κ2) is 5.25. The van der Waals surface area contributed by atoms with Gasteiger partial charge in [-0.05, 0) is 25.0 Å². The molecule has 1 N–H and O–H groups in total. The van der Waals surface area contributed by atoms with E-state index in [0.717, 1.165) is 12.8 Å². The SMILES string of the molecule is O=C(c1c(Cl)cccc1Cl)N1CCCC1CO. The third-order valence-electron chi connectivity index (χ3n) is 3.03. The van der Waals surface area contributed by atoms with Gasteiger partial charge in [-0.15, -0.1) is 0 Å². The van der Waals surface area contributed by atoms with E-state index < -0.39 is 0 Å². The van der Waals surface area contributed by atoms with Crippen LogP contribution in [0.3, 0.4) is 0 Å². The molecule has 1 atom stereocenters. The zero-order valence-corrected chi connectivity index (χ0v) is 10.7. The number of aliphatic hydroxyl groups excluding tert-OH is 1. The lowest BCUT2D eigenvalue weighted by Gasteiger charge is -2.23. The van der Waals surface area contributed by atoms with Gasteiger partial charge >= 0.3 is 0 Å². The third kappa shape index (κ3) is 2.41. The number of halogens is 2. The minimum absolute atomic E-state index is 0.0200. The van der Waals surface area contributed by atoms with Gasteiger partial charge in [0.2, 0.25) is 0 Å². The smallest absolute Gasteiger partial charge is 0.257 e. The summed E-state index contributed by atoms with van der Waals surface area (Å²) in [4.78, 5) is 13.9. The first-order valence-electron chi connectivity index (χ1n) is 5.51. The van der Waals surface area contributed by atoms with Crippen LogP contribution in [0.25, 0.3) is 0 Å². The molecule has 0 bridgehead atoms. The van der Waals surface area contributed by atoms with Crippen molar-refractivity contribution < 1.29 is 9.90 Å². The van der Waals surface area contributed by atoms with Crippen LogP contribution in [0.1, 0.15) is 23.2 Å². The second-order valence-corrected chi connectivity index (χ2v) is 4.89. The maximum atomic E-state index is 12.3. The summed E-state index contributed by atoms with van der Waals surface area (Å²) in [5.41, 5.74) is 0.330. The largest absolute Gasteiger partial charge is 0.394 e. The van der Waals surface area contributed by atoms with Crippen LogP contribution in [0.2, 0.25) is 10.0 Å². The summed E-state index contributed by atoms with van der Waals surface area (Å²) in [6.45, 7) is 0.624. The second-order valence-electron chi connectivity index (χ2n) is 4.07. The number of nitrogens with zero attached hydrogens (tertiary/aromatic N) is 1. The van der Waals surface area contributed by atoms with Crippen LogP contribution < -0.4 is 0 Å². The Morgan fingerprint density at radius 1 is 1.41 bits per heavy atom. The number of hydrogen-bond donors (Lipinski definition) is 1. The summed E-state index contributed by atoms with van der Waals surface area (Å²) in [6, 6.07) is 4.87. The summed E-state index contributed by atoms with van der Waals surface area (Å²) < 4.78 is 0. The minimum Gasteiger partial charge on any atom is -0.394 e. The maximum absolute atomic E-state index is 12.3. The number of carbonyl (C=O) groups excluding carboxylic acids is 1. The molecular formula is C12H13Cl2NO2. The van der Waals surface area contributed by atoms with Crippen LogP contribution in [0, 0.1) is 0 Å². The Morgan fingerprint density at radius 2 is 2.06 bits per heavy atom. The summed E-state index contributed by atoms with van der Waals surface area (Å²) >= 11 is 12.0. The van der Waals surface area contributed by atoms with E-state index in [2.05, 4.69) is 0 Å². The van der Waals surface area contributed by atoms with E-state index in [0.29, 0.717) is 22.2 Å². The van der Waals surface area contributed by atoms with Gasteiger partial charge in [-0.25, -0.2) is 0 Å². The molecule has 1 aliphatic heterocycles. The third-order valence-corrected chi connectivity index (χ3v) is 3.66. The minimum atomic E-state index is -0.197. The average Bonchev–Trinajstić information content (AvgIpc) is 2.76. The van der Waals surface area contributed by atoms with Crippen molar-refractivity contribution >= 4 is 29.1 Å². The molecular weight excluding hydrogens is 261 g/mol. The first kappa shape index (κ1) is 12.7. The topological polar surface area (TPSA) is 40.5 Å². The fraction of sp³-hybridized carbons (Fsp3) is 0.417. The lowest BCUT2D eigenvalue weighted by Crippen LogP contribution is -2.37. The van der Waals surface area contributed by atoms with Gasteiger partial charge in [0.25, 0.3) is 5.91 Å². The number of likely N-dealkylation sites (tertiary alicyclic amines) is 1. The Bertz CT molecular complexity index is 416. The molecule has 0 saturated carbocycles. The van der Waals surface area contributed by atoms with Gasteiger partial charge in [0.05, 0.1) is 28.3 Å². The summed E-state index contributed by atoms with van der Waals surface area (Å²) in [5.74, 6) is -0.197. The molecule has 3 nitrogen and oxygen atoms in total. The average molecular weight is 274 g/mol. The van der Waals surface area contributed by atoms with Gasteiger partial charge in [-0.1, -0.05) is 29.3 Å². The zero-order valence-electron chi connectivity index (χ0n) is 9.20. The molecule has 1 amide bonds. The van der Waals surface area contributed by atoms with Gasteiger partial charge in [0.1, 0.15) is 0 Å². The monoisotopic (exact) mass is 273 g/mol. The predicted octanol–water partition coefficient (Wildman–Crippen LogP) is 2.59. The van der Waals surface area contributed by atoms with Gasteiger partial charge in [0, 0.05) is 6.54 Å². The Labute approximate surface area is 110 Å². The highest BCUT2D eigenvalue weighted by atomic mass is 35.5.